The highest BCUT2D eigenvalue weighted by molar-refractivity contribution is 5.81. The van der Waals surface area contributed by atoms with Gasteiger partial charge in [-0.2, -0.15) is 0 Å². The Labute approximate surface area is 139 Å². The highest BCUT2D eigenvalue weighted by Crippen LogP contribution is 2.16. The zero-order valence-corrected chi connectivity index (χ0v) is 15.0. The third-order valence-corrected chi connectivity index (χ3v) is 4.20. The predicted molar refractivity (Wildman–Crippen MR) is 92.6 cm³/mol. The van der Waals surface area contributed by atoms with Crippen molar-refractivity contribution in [2.24, 2.45) is 5.92 Å². The molecule has 1 fully saturated rings. The van der Waals surface area contributed by atoms with Gasteiger partial charge in [0.15, 0.2) is 0 Å². The van der Waals surface area contributed by atoms with E-state index in [1.54, 1.807) is 0 Å². The van der Waals surface area contributed by atoms with Crippen LogP contribution < -0.4 is 10.2 Å². The van der Waals surface area contributed by atoms with Gasteiger partial charge in [0, 0.05) is 44.5 Å². The number of aromatic nitrogens is 2. The third-order valence-electron chi connectivity index (χ3n) is 4.20. The van der Waals surface area contributed by atoms with Crippen LogP contribution in [0.3, 0.4) is 0 Å². The molecular weight excluding hydrogens is 290 g/mol. The van der Waals surface area contributed by atoms with Crippen LogP contribution in [0.1, 0.15) is 32.3 Å². The van der Waals surface area contributed by atoms with Gasteiger partial charge < -0.3 is 10.2 Å². The molecule has 0 aromatic carbocycles. The molecule has 0 saturated carbocycles. The molecule has 1 unspecified atom stereocenters. The van der Waals surface area contributed by atoms with Gasteiger partial charge >= 0.3 is 0 Å². The van der Waals surface area contributed by atoms with Crippen LogP contribution in [0.25, 0.3) is 0 Å². The number of aryl methyl sites for hydroxylation is 2. The first kappa shape index (κ1) is 17.7. The second kappa shape index (κ2) is 7.73. The van der Waals surface area contributed by atoms with Gasteiger partial charge in [-0.05, 0) is 26.7 Å². The van der Waals surface area contributed by atoms with Crippen molar-refractivity contribution in [1.82, 2.24) is 20.2 Å². The van der Waals surface area contributed by atoms with Gasteiger partial charge in [-0.25, -0.2) is 9.97 Å². The summed E-state index contributed by atoms with van der Waals surface area (Å²) in [5.74, 6) is 2.41. The van der Waals surface area contributed by atoms with E-state index < -0.39 is 0 Å². The zero-order valence-electron chi connectivity index (χ0n) is 15.0. The molecule has 2 rings (SSSR count). The average molecular weight is 319 g/mol. The monoisotopic (exact) mass is 319 g/mol. The van der Waals surface area contributed by atoms with E-state index in [4.69, 9.17) is 0 Å². The van der Waals surface area contributed by atoms with Crippen molar-refractivity contribution in [2.75, 3.05) is 37.6 Å². The van der Waals surface area contributed by atoms with Crippen LogP contribution in [0.2, 0.25) is 0 Å². The summed E-state index contributed by atoms with van der Waals surface area (Å²) in [6, 6.07) is 1.95. The summed E-state index contributed by atoms with van der Waals surface area (Å²) < 4.78 is 0. The molecule has 1 amide bonds. The molecule has 6 heteroatoms. The first-order valence-electron chi connectivity index (χ1n) is 8.46. The molecule has 1 aliphatic rings. The van der Waals surface area contributed by atoms with Crippen molar-refractivity contribution in [1.29, 1.82) is 0 Å². The van der Waals surface area contributed by atoms with Gasteiger partial charge in [0.05, 0.1) is 6.04 Å². The van der Waals surface area contributed by atoms with Crippen molar-refractivity contribution in [3.05, 3.63) is 17.6 Å². The maximum Gasteiger partial charge on any atom is 0.237 e. The molecule has 1 N–H and O–H groups in total. The molecule has 23 heavy (non-hydrogen) atoms. The van der Waals surface area contributed by atoms with Crippen LogP contribution in [-0.4, -0.2) is 59.5 Å². The third kappa shape index (κ3) is 4.89. The van der Waals surface area contributed by atoms with E-state index in [0.717, 1.165) is 50.1 Å². The number of amides is 1. The number of hydrogen-bond donors (Lipinski definition) is 1. The summed E-state index contributed by atoms with van der Waals surface area (Å²) in [6.07, 6.45) is 0. The molecule has 1 aliphatic heterocycles. The molecule has 2 heterocycles. The van der Waals surface area contributed by atoms with E-state index in [2.05, 4.69) is 38.9 Å². The number of piperazine rings is 1. The zero-order chi connectivity index (χ0) is 17.0. The smallest absolute Gasteiger partial charge is 0.237 e. The van der Waals surface area contributed by atoms with Crippen molar-refractivity contribution >= 4 is 11.7 Å². The van der Waals surface area contributed by atoms with E-state index in [1.807, 2.05) is 26.8 Å². The number of nitrogens with zero attached hydrogens (tertiary/aromatic N) is 4. The van der Waals surface area contributed by atoms with Crippen LogP contribution >= 0.6 is 0 Å². The fourth-order valence-corrected chi connectivity index (χ4v) is 2.82. The Bertz CT molecular complexity index is 518. The Morgan fingerprint density at radius 3 is 2.39 bits per heavy atom. The summed E-state index contributed by atoms with van der Waals surface area (Å²) in [6.45, 7) is 14.4. The van der Waals surface area contributed by atoms with E-state index >= 15 is 0 Å². The second-order valence-corrected chi connectivity index (χ2v) is 6.75. The molecule has 6 nitrogen and oxygen atoms in total. The molecule has 1 aromatic heterocycles. The lowest BCUT2D eigenvalue weighted by atomic mass is 10.2. The first-order valence-corrected chi connectivity index (χ1v) is 8.46. The minimum Gasteiger partial charge on any atom is -0.354 e. The summed E-state index contributed by atoms with van der Waals surface area (Å²) in [5, 5.41) is 3.02. The molecule has 128 valence electrons. The Kier molecular flexibility index (Phi) is 5.93. The molecule has 1 saturated heterocycles. The number of anilines is 1. The molecular formula is C17H29N5O. The Hall–Kier alpha value is -1.69. The molecule has 1 atom stereocenters. The van der Waals surface area contributed by atoms with Gasteiger partial charge in [-0.1, -0.05) is 13.8 Å². The lowest BCUT2D eigenvalue weighted by molar-refractivity contribution is -0.126. The van der Waals surface area contributed by atoms with Crippen LogP contribution in [-0.2, 0) is 4.79 Å². The fourth-order valence-electron chi connectivity index (χ4n) is 2.82. The van der Waals surface area contributed by atoms with Gasteiger partial charge in [0.1, 0.15) is 11.6 Å². The highest BCUT2D eigenvalue weighted by atomic mass is 16.2. The highest BCUT2D eigenvalue weighted by Gasteiger charge is 2.26. The van der Waals surface area contributed by atoms with Crippen LogP contribution in [0.5, 0.6) is 0 Å². The Morgan fingerprint density at radius 2 is 1.83 bits per heavy atom. The number of nitrogens with one attached hydrogen (secondary N) is 1. The number of carbonyl (C=O) groups is 1. The molecule has 0 radical (unpaired) electrons. The van der Waals surface area contributed by atoms with Gasteiger partial charge in [-0.15, -0.1) is 0 Å². The summed E-state index contributed by atoms with van der Waals surface area (Å²) in [7, 11) is 0. The molecule has 0 spiro atoms. The SMILES string of the molecule is Cc1cc(N2CCN(C(C)C(=O)NCC(C)C)CC2)nc(C)n1. The van der Waals surface area contributed by atoms with Gasteiger partial charge in [0.2, 0.25) is 5.91 Å². The quantitative estimate of drug-likeness (QED) is 0.888. The van der Waals surface area contributed by atoms with E-state index in [-0.39, 0.29) is 11.9 Å². The molecule has 1 aromatic rings. The standard InChI is InChI=1S/C17H29N5O/c1-12(2)11-18-17(23)14(4)21-6-8-22(9-7-21)16-10-13(3)19-15(5)20-16/h10,12,14H,6-9,11H2,1-5H3,(H,18,23). The van der Waals surface area contributed by atoms with E-state index in [1.165, 1.54) is 0 Å². The number of carbonyl (C=O) groups excluding carboxylic acids is 1. The average Bonchev–Trinajstić information content (AvgIpc) is 2.51. The topological polar surface area (TPSA) is 61.4 Å². The summed E-state index contributed by atoms with van der Waals surface area (Å²) in [4.78, 5) is 25.6. The lowest BCUT2D eigenvalue weighted by Gasteiger charge is -2.38. The number of rotatable bonds is 5. The van der Waals surface area contributed by atoms with E-state index in [9.17, 15) is 4.79 Å². The minimum atomic E-state index is -0.0789. The Balaban J connectivity index is 1.89. The van der Waals surface area contributed by atoms with Crippen LogP contribution in [0, 0.1) is 19.8 Å². The predicted octanol–water partition coefficient (Wildman–Crippen LogP) is 1.38. The minimum absolute atomic E-state index is 0.0789. The van der Waals surface area contributed by atoms with Gasteiger partial charge in [-0.3, -0.25) is 9.69 Å². The summed E-state index contributed by atoms with van der Waals surface area (Å²) in [5.41, 5.74) is 0.997. The second-order valence-electron chi connectivity index (χ2n) is 6.75. The first-order chi connectivity index (χ1) is 10.9. The maximum atomic E-state index is 12.2. The van der Waals surface area contributed by atoms with Crippen LogP contribution in [0.4, 0.5) is 5.82 Å². The van der Waals surface area contributed by atoms with Gasteiger partial charge in [0.25, 0.3) is 0 Å². The number of hydrogen-bond acceptors (Lipinski definition) is 5. The van der Waals surface area contributed by atoms with Crippen molar-refractivity contribution in [3.63, 3.8) is 0 Å². The normalized spacial score (nSPS) is 17.4. The van der Waals surface area contributed by atoms with Crippen molar-refractivity contribution in [3.8, 4) is 0 Å². The molecule has 0 aliphatic carbocycles. The fraction of sp³-hybridized carbons (Fsp3) is 0.706. The maximum absolute atomic E-state index is 12.2. The van der Waals surface area contributed by atoms with Crippen LogP contribution in [0.15, 0.2) is 6.07 Å². The summed E-state index contributed by atoms with van der Waals surface area (Å²) >= 11 is 0. The molecule has 0 bridgehead atoms. The Morgan fingerprint density at radius 1 is 1.17 bits per heavy atom. The van der Waals surface area contributed by atoms with Crippen molar-refractivity contribution in [2.45, 2.75) is 40.7 Å². The lowest BCUT2D eigenvalue weighted by Crippen LogP contribution is -2.54. The van der Waals surface area contributed by atoms with Crippen molar-refractivity contribution < 1.29 is 4.79 Å². The van der Waals surface area contributed by atoms with E-state index in [0.29, 0.717) is 5.92 Å². The largest absolute Gasteiger partial charge is 0.354 e.